The van der Waals surface area contributed by atoms with E-state index >= 15 is 0 Å². The number of carbonyl (C=O) groups is 1. The average Bonchev–Trinajstić information content (AvgIpc) is 3.03. The second-order valence-electron chi connectivity index (χ2n) is 5.72. The van der Waals surface area contributed by atoms with Gasteiger partial charge in [-0.25, -0.2) is 9.78 Å². The molecule has 0 fully saturated rings. The van der Waals surface area contributed by atoms with Crippen LogP contribution in [0.25, 0.3) is 21.1 Å². The molecule has 0 aliphatic carbocycles. The van der Waals surface area contributed by atoms with E-state index in [4.69, 9.17) is 0 Å². The number of aromatic amines is 1. The van der Waals surface area contributed by atoms with Gasteiger partial charge < -0.3 is 10.3 Å². The van der Waals surface area contributed by atoms with Crippen LogP contribution in [0.2, 0.25) is 0 Å². The summed E-state index contributed by atoms with van der Waals surface area (Å²) in [4.78, 5) is 43.7. The highest BCUT2D eigenvalue weighted by Gasteiger charge is 2.11. The minimum absolute atomic E-state index is 0.00273. The topological polar surface area (TPSA) is 96.9 Å². The fourth-order valence-corrected chi connectivity index (χ4v) is 3.60. The van der Waals surface area contributed by atoms with E-state index in [2.05, 4.69) is 15.3 Å². The number of amides is 1. The van der Waals surface area contributed by atoms with Crippen molar-refractivity contribution in [1.82, 2.24) is 14.5 Å². The lowest BCUT2D eigenvalue weighted by Crippen LogP contribution is -2.36. The molecule has 0 radical (unpaired) electrons. The van der Waals surface area contributed by atoms with Crippen molar-refractivity contribution in [3.8, 4) is 0 Å². The van der Waals surface area contributed by atoms with Crippen LogP contribution in [-0.2, 0) is 11.3 Å². The van der Waals surface area contributed by atoms with Gasteiger partial charge in [-0.05, 0) is 24.3 Å². The Hall–Kier alpha value is -3.26. The molecule has 0 saturated heterocycles. The van der Waals surface area contributed by atoms with E-state index in [1.165, 1.54) is 11.3 Å². The maximum absolute atomic E-state index is 12.4. The first kappa shape index (κ1) is 16.2. The molecule has 0 spiro atoms. The third-order valence-electron chi connectivity index (χ3n) is 3.99. The lowest BCUT2D eigenvalue weighted by atomic mass is 10.2. The fourth-order valence-electron chi connectivity index (χ4n) is 2.72. The Kier molecular flexibility index (Phi) is 4.10. The number of anilines is 1. The summed E-state index contributed by atoms with van der Waals surface area (Å²) in [6.07, 6.45) is -0.00273. The molecule has 0 atom stereocenters. The second-order valence-corrected chi connectivity index (χ2v) is 6.75. The number of thiazole rings is 1. The van der Waals surface area contributed by atoms with Gasteiger partial charge in [-0.15, -0.1) is 0 Å². The van der Waals surface area contributed by atoms with Crippen molar-refractivity contribution in [3.05, 3.63) is 69.4 Å². The number of hydrogen-bond acceptors (Lipinski definition) is 5. The zero-order chi connectivity index (χ0) is 18.1. The Morgan fingerprint density at radius 3 is 2.73 bits per heavy atom. The zero-order valence-corrected chi connectivity index (χ0v) is 14.4. The first-order chi connectivity index (χ1) is 12.6. The Morgan fingerprint density at radius 1 is 1.12 bits per heavy atom. The Labute approximate surface area is 150 Å². The summed E-state index contributed by atoms with van der Waals surface area (Å²) < 4.78 is 2.02. The van der Waals surface area contributed by atoms with E-state index in [9.17, 15) is 14.4 Å². The maximum atomic E-state index is 12.4. The minimum atomic E-state index is -0.526. The number of para-hydroxylation sites is 2. The molecule has 0 bridgehead atoms. The van der Waals surface area contributed by atoms with E-state index in [1.807, 2.05) is 24.3 Å². The van der Waals surface area contributed by atoms with E-state index in [-0.39, 0.29) is 18.9 Å². The van der Waals surface area contributed by atoms with E-state index in [1.54, 1.807) is 24.3 Å². The quantitative estimate of drug-likeness (QED) is 0.579. The number of nitrogens with zero attached hydrogens (tertiary/aromatic N) is 2. The van der Waals surface area contributed by atoms with Crippen LogP contribution in [0.1, 0.15) is 6.42 Å². The smallest absolute Gasteiger partial charge is 0.307 e. The molecule has 2 N–H and O–H groups in total. The van der Waals surface area contributed by atoms with Gasteiger partial charge in [-0.2, -0.15) is 0 Å². The van der Waals surface area contributed by atoms with Crippen LogP contribution in [0, 0.1) is 0 Å². The van der Waals surface area contributed by atoms with Crippen molar-refractivity contribution in [2.75, 3.05) is 5.32 Å². The first-order valence-electron chi connectivity index (χ1n) is 7.99. The number of carbonyl (C=O) groups excluding carboxylic acids is 1. The maximum Gasteiger partial charge on any atom is 0.328 e. The summed E-state index contributed by atoms with van der Waals surface area (Å²) in [7, 11) is 0. The van der Waals surface area contributed by atoms with Gasteiger partial charge in [0.25, 0.3) is 5.56 Å². The van der Waals surface area contributed by atoms with Crippen molar-refractivity contribution in [3.63, 3.8) is 0 Å². The lowest BCUT2D eigenvalue weighted by Gasteiger charge is -2.06. The normalized spacial score (nSPS) is 11.1. The molecule has 130 valence electrons. The monoisotopic (exact) mass is 366 g/mol. The Bertz CT molecular complexity index is 1210. The van der Waals surface area contributed by atoms with Crippen LogP contribution in [0.4, 0.5) is 5.13 Å². The fraction of sp³-hybridized carbons (Fsp3) is 0.111. The molecule has 2 aromatic carbocycles. The van der Waals surface area contributed by atoms with Gasteiger partial charge >= 0.3 is 5.69 Å². The second kappa shape index (κ2) is 6.57. The summed E-state index contributed by atoms with van der Waals surface area (Å²) >= 11 is 1.38. The number of aromatic nitrogens is 3. The van der Waals surface area contributed by atoms with Gasteiger partial charge in [-0.1, -0.05) is 35.6 Å². The molecular weight excluding hydrogens is 352 g/mol. The summed E-state index contributed by atoms with van der Waals surface area (Å²) in [6.45, 7) is -0.00424. The standard InChI is InChI=1S/C18H14N4O3S/c23-15(21-17-19-13-7-3-4-8-14(13)26-17)9-10-22-16(24)11-5-1-2-6-12(11)20-18(22)25/h1-8H,9-10H2,(H,20,25)(H,19,21,23). The van der Waals surface area contributed by atoms with Gasteiger partial charge in [0, 0.05) is 13.0 Å². The van der Waals surface area contributed by atoms with E-state index < -0.39 is 11.2 Å². The Morgan fingerprint density at radius 2 is 1.88 bits per heavy atom. The molecule has 4 rings (SSSR count). The lowest BCUT2D eigenvalue weighted by molar-refractivity contribution is -0.116. The molecule has 7 nitrogen and oxygen atoms in total. The van der Waals surface area contributed by atoms with Crippen molar-refractivity contribution in [1.29, 1.82) is 0 Å². The van der Waals surface area contributed by atoms with Crippen molar-refractivity contribution in [2.45, 2.75) is 13.0 Å². The van der Waals surface area contributed by atoms with Gasteiger partial charge in [-0.3, -0.25) is 14.2 Å². The molecule has 2 aromatic heterocycles. The third kappa shape index (κ3) is 3.02. The molecular formula is C18H14N4O3S. The zero-order valence-electron chi connectivity index (χ0n) is 13.6. The molecule has 2 heterocycles. The van der Waals surface area contributed by atoms with Crippen LogP contribution in [0.15, 0.2) is 58.1 Å². The third-order valence-corrected chi connectivity index (χ3v) is 4.94. The van der Waals surface area contributed by atoms with Crippen LogP contribution >= 0.6 is 11.3 Å². The highest BCUT2D eigenvalue weighted by Crippen LogP contribution is 2.25. The summed E-state index contributed by atoms with van der Waals surface area (Å²) in [6, 6.07) is 14.4. The van der Waals surface area contributed by atoms with Crippen molar-refractivity contribution in [2.24, 2.45) is 0 Å². The highest BCUT2D eigenvalue weighted by atomic mass is 32.1. The van der Waals surface area contributed by atoms with Gasteiger partial charge in [0.2, 0.25) is 5.91 Å². The molecule has 26 heavy (non-hydrogen) atoms. The molecule has 0 aliphatic heterocycles. The number of H-pyrrole nitrogens is 1. The highest BCUT2D eigenvalue weighted by molar-refractivity contribution is 7.22. The van der Waals surface area contributed by atoms with Crippen LogP contribution in [0.3, 0.4) is 0 Å². The van der Waals surface area contributed by atoms with Crippen molar-refractivity contribution < 1.29 is 4.79 Å². The van der Waals surface area contributed by atoms with Gasteiger partial charge in [0.1, 0.15) is 0 Å². The minimum Gasteiger partial charge on any atom is -0.307 e. The summed E-state index contributed by atoms with van der Waals surface area (Å²) in [5.74, 6) is -0.302. The number of benzene rings is 2. The van der Waals surface area contributed by atoms with Crippen LogP contribution in [0.5, 0.6) is 0 Å². The molecule has 0 saturated carbocycles. The van der Waals surface area contributed by atoms with Gasteiger partial charge in [0.05, 0.1) is 21.1 Å². The largest absolute Gasteiger partial charge is 0.328 e. The molecule has 1 amide bonds. The number of rotatable bonds is 4. The summed E-state index contributed by atoms with van der Waals surface area (Å²) in [5, 5.41) is 3.63. The first-order valence-corrected chi connectivity index (χ1v) is 8.81. The van der Waals surface area contributed by atoms with Crippen molar-refractivity contribution >= 4 is 43.5 Å². The summed E-state index contributed by atoms with van der Waals surface area (Å²) in [5.41, 5.74) is 0.367. The van der Waals surface area contributed by atoms with E-state index in [0.717, 1.165) is 14.8 Å². The number of fused-ring (bicyclic) bond motifs is 2. The molecule has 0 unspecified atom stereocenters. The Balaban J connectivity index is 1.52. The van der Waals surface area contributed by atoms with E-state index in [0.29, 0.717) is 16.0 Å². The number of nitrogens with one attached hydrogen (secondary N) is 2. The SMILES string of the molecule is O=C(CCn1c(=O)[nH]c2ccccc2c1=O)Nc1nc2ccccc2s1. The molecule has 4 aromatic rings. The van der Waals surface area contributed by atoms with Crippen LogP contribution < -0.4 is 16.6 Å². The number of hydrogen-bond donors (Lipinski definition) is 2. The van der Waals surface area contributed by atoms with Gasteiger partial charge in [0.15, 0.2) is 5.13 Å². The average molecular weight is 366 g/mol. The van der Waals surface area contributed by atoms with Crippen LogP contribution in [-0.4, -0.2) is 20.4 Å². The predicted molar refractivity (Wildman–Crippen MR) is 102 cm³/mol. The predicted octanol–water partition coefficient (Wildman–Crippen LogP) is 2.33. The molecule has 8 heteroatoms. The molecule has 0 aliphatic rings.